The fourth-order valence-corrected chi connectivity index (χ4v) is 3.40. The van der Waals surface area contributed by atoms with Gasteiger partial charge in [0.15, 0.2) is 11.8 Å². The van der Waals surface area contributed by atoms with Gasteiger partial charge >= 0.3 is 0 Å². The lowest BCUT2D eigenvalue weighted by molar-refractivity contribution is 0.0377. The van der Waals surface area contributed by atoms with Gasteiger partial charge in [0.05, 0.1) is 6.54 Å². The highest BCUT2D eigenvalue weighted by Crippen LogP contribution is 2.22. The molecule has 3 N–H and O–H groups in total. The van der Waals surface area contributed by atoms with Crippen molar-refractivity contribution in [1.82, 2.24) is 25.4 Å². The minimum Gasteiger partial charge on any atom is -0.463 e. The third kappa shape index (κ3) is 5.13. The normalized spacial score (nSPS) is 18.1. The second kappa shape index (κ2) is 8.77. The van der Waals surface area contributed by atoms with Crippen molar-refractivity contribution in [3.63, 3.8) is 0 Å². The van der Waals surface area contributed by atoms with E-state index in [4.69, 9.17) is 9.41 Å². The summed E-state index contributed by atoms with van der Waals surface area (Å²) in [6, 6.07) is 4.07. The first-order valence-corrected chi connectivity index (χ1v) is 10.0. The van der Waals surface area contributed by atoms with Gasteiger partial charge in [0.2, 0.25) is 0 Å². The highest BCUT2D eigenvalue weighted by Gasteiger charge is 2.27. The van der Waals surface area contributed by atoms with Crippen LogP contribution in [0.3, 0.4) is 0 Å². The van der Waals surface area contributed by atoms with Crippen molar-refractivity contribution in [2.45, 2.75) is 71.1 Å². The maximum Gasteiger partial charge on any atom is 0.192 e. The zero-order valence-corrected chi connectivity index (χ0v) is 17.3. The minimum atomic E-state index is -1.13. The summed E-state index contributed by atoms with van der Waals surface area (Å²) in [5.41, 5.74) is -1.13. The zero-order chi connectivity index (χ0) is 20.1. The van der Waals surface area contributed by atoms with Gasteiger partial charge < -0.3 is 24.7 Å². The quantitative estimate of drug-likeness (QED) is 0.519. The molecule has 2 aromatic heterocycles. The molecule has 28 heavy (non-hydrogen) atoms. The predicted octanol–water partition coefficient (Wildman–Crippen LogP) is 2.30. The number of aliphatic hydroxyl groups is 1. The van der Waals surface area contributed by atoms with Crippen molar-refractivity contribution in [3.05, 3.63) is 35.3 Å². The molecule has 154 valence electrons. The van der Waals surface area contributed by atoms with Gasteiger partial charge in [-0.3, -0.25) is 0 Å². The highest BCUT2D eigenvalue weighted by atomic mass is 16.4. The van der Waals surface area contributed by atoms with E-state index >= 15 is 0 Å². The lowest BCUT2D eigenvalue weighted by Gasteiger charge is -2.27. The van der Waals surface area contributed by atoms with Crippen LogP contribution >= 0.6 is 0 Å². The van der Waals surface area contributed by atoms with Gasteiger partial charge in [-0.2, -0.15) is 0 Å². The first-order chi connectivity index (χ1) is 13.3. The van der Waals surface area contributed by atoms with E-state index in [1.54, 1.807) is 6.92 Å². The fraction of sp³-hybridized carbons (Fsp3) is 0.650. The molecule has 0 radical (unpaired) electrons. The number of guanidine groups is 1. The number of aromatic nitrogens is 3. The zero-order valence-electron chi connectivity index (χ0n) is 17.3. The molecule has 1 atom stereocenters. The molecule has 1 fully saturated rings. The second-order valence-corrected chi connectivity index (χ2v) is 7.90. The first kappa shape index (κ1) is 20.4. The molecule has 1 aliphatic rings. The Morgan fingerprint density at radius 3 is 2.64 bits per heavy atom. The summed E-state index contributed by atoms with van der Waals surface area (Å²) in [7, 11) is 1.94. The number of hydrogen-bond acceptors (Lipinski definition) is 5. The van der Waals surface area contributed by atoms with Gasteiger partial charge in [-0.1, -0.05) is 19.3 Å². The van der Waals surface area contributed by atoms with Crippen molar-refractivity contribution in [1.29, 1.82) is 0 Å². The van der Waals surface area contributed by atoms with Gasteiger partial charge in [-0.15, -0.1) is 10.2 Å². The number of nitrogens with zero attached hydrogens (tertiary/aromatic N) is 4. The summed E-state index contributed by atoms with van der Waals surface area (Å²) in [6.07, 6.45) is 6.03. The first-order valence-electron chi connectivity index (χ1n) is 10.0. The molecular weight excluding hydrogens is 356 g/mol. The van der Waals surface area contributed by atoms with Crippen LogP contribution in [0.15, 0.2) is 21.5 Å². The summed E-state index contributed by atoms with van der Waals surface area (Å²) in [6.45, 7) is 6.23. The Kier molecular flexibility index (Phi) is 6.39. The molecule has 8 nitrogen and oxygen atoms in total. The standard InChI is InChI=1S/C20H32N6O2/c1-14-10-11-17(28-14)20(3,27)13-22-19(23-16-8-6-5-7-9-16)21-12-18-25-24-15(2)26(18)4/h10-11,16,27H,5-9,12-13H2,1-4H3,(H2,21,22,23). The Balaban J connectivity index is 1.69. The van der Waals surface area contributed by atoms with E-state index in [1.807, 2.05) is 37.6 Å². The van der Waals surface area contributed by atoms with E-state index in [0.717, 1.165) is 30.3 Å². The number of nitrogens with one attached hydrogen (secondary N) is 2. The van der Waals surface area contributed by atoms with Crippen LogP contribution in [0.25, 0.3) is 0 Å². The third-order valence-corrected chi connectivity index (χ3v) is 5.38. The van der Waals surface area contributed by atoms with E-state index in [2.05, 4.69) is 20.8 Å². The molecule has 0 bridgehead atoms. The Morgan fingerprint density at radius 1 is 1.29 bits per heavy atom. The molecule has 0 saturated heterocycles. The fourth-order valence-electron chi connectivity index (χ4n) is 3.40. The monoisotopic (exact) mass is 388 g/mol. The second-order valence-electron chi connectivity index (χ2n) is 7.90. The van der Waals surface area contributed by atoms with Gasteiger partial charge in [0.1, 0.15) is 29.5 Å². The summed E-state index contributed by atoms with van der Waals surface area (Å²) < 4.78 is 7.54. The van der Waals surface area contributed by atoms with Crippen LogP contribution in [-0.2, 0) is 19.2 Å². The largest absolute Gasteiger partial charge is 0.463 e. The van der Waals surface area contributed by atoms with Crippen molar-refractivity contribution < 1.29 is 9.52 Å². The van der Waals surface area contributed by atoms with Gasteiger partial charge in [0, 0.05) is 13.1 Å². The number of aliphatic imine (C=N–C) groups is 1. The molecule has 0 amide bonds. The number of aryl methyl sites for hydroxylation is 2. The van der Waals surface area contributed by atoms with E-state index in [1.165, 1.54) is 19.3 Å². The Labute approximate surface area is 166 Å². The topological polar surface area (TPSA) is 101 Å². The van der Waals surface area contributed by atoms with Crippen LogP contribution in [0, 0.1) is 13.8 Å². The summed E-state index contributed by atoms with van der Waals surface area (Å²) in [5, 5.41) is 25.9. The molecule has 0 spiro atoms. The van der Waals surface area contributed by atoms with E-state index in [-0.39, 0.29) is 6.54 Å². The van der Waals surface area contributed by atoms with Gasteiger partial charge in [-0.25, -0.2) is 4.99 Å². The molecule has 2 aromatic rings. The Morgan fingerprint density at radius 2 is 2.04 bits per heavy atom. The van der Waals surface area contributed by atoms with Gasteiger partial charge in [0.25, 0.3) is 0 Å². The average molecular weight is 389 g/mol. The van der Waals surface area contributed by atoms with Crippen molar-refractivity contribution in [2.75, 3.05) is 6.54 Å². The van der Waals surface area contributed by atoms with Crippen LogP contribution in [0.2, 0.25) is 0 Å². The maximum absolute atomic E-state index is 10.8. The highest BCUT2D eigenvalue weighted by molar-refractivity contribution is 5.80. The summed E-state index contributed by atoms with van der Waals surface area (Å²) in [4.78, 5) is 4.69. The average Bonchev–Trinajstić information content (AvgIpc) is 3.25. The van der Waals surface area contributed by atoms with Gasteiger partial charge in [-0.05, 0) is 45.7 Å². The van der Waals surface area contributed by atoms with Crippen molar-refractivity contribution in [2.24, 2.45) is 12.0 Å². The lowest BCUT2D eigenvalue weighted by Crippen LogP contribution is -2.48. The molecule has 2 heterocycles. The lowest BCUT2D eigenvalue weighted by atomic mass is 9.96. The van der Waals surface area contributed by atoms with Crippen LogP contribution in [-0.4, -0.2) is 38.4 Å². The predicted molar refractivity (Wildman–Crippen MR) is 108 cm³/mol. The number of furan rings is 1. The van der Waals surface area contributed by atoms with Crippen molar-refractivity contribution >= 4 is 5.96 Å². The molecular formula is C20H32N6O2. The maximum atomic E-state index is 10.8. The van der Waals surface area contributed by atoms with Crippen molar-refractivity contribution in [3.8, 4) is 0 Å². The molecule has 0 aliphatic heterocycles. The smallest absolute Gasteiger partial charge is 0.192 e. The number of hydrogen-bond donors (Lipinski definition) is 3. The Hall–Kier alpha value is -2.35. The number of rotatable bonds is 6. The molecule has 1 unspecified atom stereocenters. The van der Waals surface area contributed by atoms with Crippen LogP contribution in [0.4, 0.5) is 0 Å². The SMILES string of the molecule is Cc1ccc(C(C)(O)CNC(=NCc2nnc(C)n2C)NC2CCCCC2)o1. The van der Waals surface area contributed by atoms with Crippen LogP contribution in [0.1, 0.15) is 62.2 Å². The molecule has 0 aromatic carbocycles. The summed E-state index contributed by atoms with van der Waals surface area (Å²) >= 11 is 0. The van der Waals surface area contributed by atoms with E-state index in [0.29, 0.717) is 24.3 Å². The molecule has 1 aliphatic carbocycles. The molecule has 1 saturated carbocycles. The molecule has 8 heteroatoms. The van der Waals surface area contributed by atoms with E-state index in [9.17, 15) is 5.11 Å². The Bertz CT molecular complexity index is 801. The van der Waals surface area contributed by atoms with E-state index < -0.39 is 5.60 Å². The minimum absolute atomic E-state index is 0.288. The third-order valence-electron chi connectivity index (χ3n) is 5.38. The van der Waals surface area contributed by atoms with Crippen LogP contribution in [0.5, 0.6) is 0 Å². The molecule has 3 rings (SSSR count). The van der Waals surface area contributed by atoms with Crippen LogP contribution < -0.4 is 10.6 Å². The summed E-state index contributed by atoms with van der Waals surface area (Å²) in [5.74, 6) is 3.66.